The van der Waals surface area contributed by atoms with Crippen molar-refractivity contribution in [1.82, 2.24) is 10.3 Å². The van der Waals surface area contributed by atoms with Crippen LogP contribution in [0.2, 0.25) is 0 Å². The molecular weight excluding hydrogens is 268 g/mol. The first kappa shape index (κ1) is 15.9. The van der Waals surface area contributed by atoms with Crippen molar-refractivity contribution in [3.63, 3.8) is 0 Å². The molecule has 0 aromatic carbocycles. The van der Waals surface area contributed by atoms with Crippen LogP contribution in [0.5, 0.6) is 0 Å². The monoisotopic (exact) mass is 296 g/mol. The number of rotatable bonds is 4. The maximum atomic E-state index is 10.8. The van der Waals surface area contributed by atoms with Crippen LogP contribution in [-0.4, -0.2) is 28.3 Å². The van der Waals surface area contributed by atoms with E-state index in [-0.39, 0.29) is 5.41 Å². The van der Waals surface area contributed by atoms with Gasteiger partial charge in [0.15, 0.2) is 0 Å². The lowest BCUT2D eigenvalue weighted by molar-refractivity contribution is -0.00302. The summed E-state index contributed by atoms with van der Waals surface area (Å²) >= 11 is 1.69. The van der Waals surface area contributed by atoms with E-state index in [1.54, 1.807) is 11.3 Å². The SMILES string of the molecule is CCNC1CCC(O)(Cc2nc(C(C)(C)C)cs2)CC1. The summed E-state index contributed by atoms with van der Waals surface area (Å²) in [7, 11) is 0. The van der Waals surface area contributed by atoms with E-state index in [9.17, 15) is 5.11 Å². The first-order valence-corrected chi connectivity index (χ1v) is 8.61. The first-order chi connectivity index (χ1) is 9.32. The minimum absolute atomic E-state index is 0.0973. The molecule has 0 saturated heterocycles. The molecule has 1 fully saturated rings. The average molecular weight is 296 g/mol. The van der Waals surface area contributed by atoms with E-state index in [2.05, 4.69) is 38.4 Å². The van der Waals surface area contributed by atoms with Crippen molar-refractivity contribution >= 4 is 11.3 Å². The summed E-state index contributed by atoms with van der Waals surface area (Å²) < 4.78 is 0. The molecule has 4 heteroatoms. The predicted molar refractivity (Wildman–Crippen MR) is 85.4 cm³/mol. The van der Waals surface area contributed by atoms with Gasteiger partial charge in [-0.05, 0) is 32.2 Å². The Bertz CT molecular complexity index is 428. The Labute approximate surface area is 126 Å². The highest BCUT2D eigenvalue weighted by Gasteiger charge is 2.34. The zero-order valence-electron chi connectivity index (χ0n) is 13.2. The van der Waals surface area contributed by atoms with Gasteiger partial charge in [-0.2, -0.15) is 0 Å². The van der Waals surface area contributed by atoms with E-state index in [1.165, 1.54) is 0 Å². The van der Waals surface area contributed by atoms with Gasteiger partial charge in [-0.15, -0.1) is 11.3 Å². The van der Waals surface area contributed by atoms with E-state index < -0.39 is 5.60 Å². The molecule has 0 bridgehead atoms. The van der Waals surface area contributed by atoms with Crippen molar-refractivity contribution in [2.45, 2.75) is 76.9 Å². The van der Waals surface area contributed by atoms with Gasteiger partial charge < -0.3 is 10.4 Å². The molecular formula is C16H28N2OS. The zero-order chi connectivity index (χ0) is 14.8. The maximum absolute atomic E-state index is 10.8. The number of nitrogens with one attached hydrogen (secondary N) is 1. The molecule has 114 valence electrons. The van der Waals surface area contributed by atoms with Crippen molar-refractivity contribution in [2.75, 3.05) is 6.54 Å². The Hall–Kier alpha value is -0.450. The smallest absolute Gasteiger partial charge is 0.0957 e. The van der Waals surface area contributed by atoms with Crippen LogP contribution in [0.3, 0.4) is 0 Å². The zero-order valence-corrected chi connectivity index (χ0v) is 14.0. The van der Waals surface area contributed by atoms with Crippen LogP contribution in [0.1, 0.15) is 64.1 Å². The second-order valence-electron chi connectivity index (χ2n) is 7.11. The normalized spacial score (nSPS) is 27.8. The third kappa shape index (κ3) is 4.03. The molecule has 0 unspecified atom stereocenters. The average Bonchev–Trinajstić information content (AvgIpc) is 2.81. The second kappa shape index (κ2) is 6.12. The highest BCUT2D eigenvalue weighted by molar-refractivity contribution is 7.09. The maximum Gasteiger partial charge on any atom is 0.0957 e. The highest BCUT2D eigenvalue weighted by Crippen LogP contribution is 2.33. The third-order valence-corrected chi connectivity index (χ3v) is 5.06. The van der Waals surface area contributed by atoms with Crippen LogP contribution >= 0.6 is 11.3 Å². The van der Waals surface area contributed by atoms with Crippen molar-refractivity contribution in [1.29, 1.82) is 0 Å². The molecule has 0 aliphatic heterocycles. The minimum Gasteiger partial charge on any atom is -0.389 e. The van der Waals surface area contributed by atoms with Crippen LogP contribution in [0, 0.1) is 0 Å². The minimum atomic E-state index is -0.543. The summed E-state index contributed by atoms with van der Waals surface area (Å²) in [5.74, 6) is 0. The summed E-state index contributed by atoms with van der Waals surface area (Å²) in [4.78, 5) is 4.72. The fourth-order valence-electron chi connectivity index (χ4n) is 2.84. The standard InChI is InChI=1S/C16H28N2OS/c1-5-17-12-6-8-16(19,9-7-12)10-14-18-13(11-20-14)15(2,3)4/h11-12,17,19H,5-10H2,1-4H3. The van der Waals surface area contributed by atoms with Gasteiger partial charge in [0.05, 0.1) is 16.3 Å². The summed E-state index contributed by atoms with van der Waals surface area (Å²) in [6.07, 6.45) is 4.63. The lowest BCUT2D eigenvalue weighted by atomic mass is 9.80. The number of aromatic nitrogens is 1. The molecule has 0 amide bonds. The predicted octanol–water partition coefficient (Wildman–Crippen LogP) is 3.27. The Morgan fingerprint density at radius 3 is 2.55 bits per heavy atom. The van der Waals surface area contributed by atoms with E-state index in [0.717, 1.165) is 42.9 Å². The summed E-state index contributed by atoms with van der Waals surface area (Å²) in [6, 6.07) is 0.585. The quantitative estimate of drug-likeness (QED) is 0.896. The lowest BCUT2D eigenvalue weighted by Crippen LogP contribution is -2.42. The van der Waals surface area contributed by atoms with Gasteiger partial charge in [0.1, 0.15) is 0 Å². The molecule has 1 saturated carbocycles. The van der Waals surface area contributed by atoms with Gasteiger partial charge in [-0.25, -0.2) is 4.98 Å². The molecule has 3 nitrogen and oxygen atoms in total. The Kier molecular flexibility index (Phi) is 4.88. The number of hydrogen-bond acceptors (Lipinski definition) is 4. The van der Waals surface area contributed by atoms with E-state index in [1.807, 2.05) is 0 Å². The van der Waals surface area contributed by atoms with Crippen LogP contribution < -0.4 is 5.32 Å². The summed E-state index contributed by atoms with van der Waals surface area (Å²) in [6.45, 7) is 9.71. The molecule has 2 N–H and O–H groups in total. The van der Waals surface area contributed by atoms with E-state index in [4.69, 9.17) is 4.98 Å². The second-order valence-corrected chi connectivity index (χ2v) is 8.05. The van der Waals surface area contributed by atoms with Crippen molar-refractivity contribution in [3.05, 3.63) is 16.1 Å². The molecule has 1 aromatic heterocycles. The highest BCUT2D eigenvalue weighted by atomic mass is 32.1. The van der Waals surface area contributed by atoms with Crippen LogP contribution in [0.4, 0.5) is 0 Å². The molecule has 20 heavy (non-hydrogen) atoms. The number of nitrogens with zero attached hydrogens (tertiary/aromatic N) is 1. The van der Waals surface area contributed by atoms with Gasteiger partial charge in [-0.3, -0.25) is 0 Å². The van der Waals surface area contributed by atoms with E-state index in [0.29, 0.717) is 12.5 Å². The fraction of sp³-hybridized carbons (Fsp3) is 0.812. The Morgan fingerprint density at radius 2 is 2.05 bits per heavy atom. The Morgan fingerprint density at radius 1 is 1.40 bits per heavy atom. The van der Waals surface area contributed by atoms with Crippen molar-refractivity contribution in [2.24, 2.45) is 0 Å². The van der Waals surface area contributed by atoms with Crippen molar-refractivity contribution < 1.29 is 5.11 Å². The number of thiazole rings is 1. The molecule has 1 aliphatic carbocycles. The van der Waals surface area contributed by atoms with E-state index >= 15 is 0 Å². The number of hydrogen-bond donors (Lipinski definition) is 2. The molecule has 1 aliphatic rings. The molecule has 1 heterocycles. The Balaban J connectivity index is 1.94. The largest absolute Gasteiger partial charge is 0.389 e. The summed E-state index contributed by atoms with van der Waals surface area (Å²) in [5, 5.41) is 17.5. The van der Waals surface area contributed by atoms with Gasteiger partial charge in [0.2, 0.25) is 0 Å². The molecule has 1 aromatic rings. The van der Waals surface area contributed by atoms with Gasteiger partial charge in [0, 0.05) is 23.3 Å². The fourth-order valence-corrected chi connectivity index (χ4v) is 4.00. The van der Waals surface area contributed by atoms with Crippen LogP contribution in [0.25, 0.3) is 0 Å². The molecule has 0 radical (unpaired) electrons. The topological polar surface area (TPSA) is 45.1 Å². The van der Waals surface area contributed by atoms with Crippen molar-refractivity contribution in [3.8, 4) is 0 Å². The first-order valence-electron chi connectivity index (χ1n) is 7.73. The molecule has 2 rings (SSSR count). The molecule has 0 atom stereocenters. The third-order valence-electron chi connectivity index (χ3n) is 4.21. The molecule has 0 spiro atoms. The summed E-state index contributed by atoms with van der Waals surface area (Å²) in [5.41, 5.74) is 0.696. The van der Waals surface area contributed by atoms with Gasteiger partial charge in [-0.1, -0.05) is 27.7 Å². The van der Waals surface area contributed by atoms with Crippen LogP contribution in [-0.2, 0) is 11.8 Å². The lowest BCUT2D eigenvalue weighted by Gasteiger charge is -2.35. The van der Waals surface area contributed by atoms with Gasteiger partial charge >= 0.3 is 0 Å². The van der Waals surface area contributed by atoms with Gasteiger partial charge in [0.25, 0.3) is 0 Å². The number of aliphatic hydroxyl groups is 1. The van der Waals surface area contributed by atoms with Crippen LogP contribution in [0.15, 0.2) is 5.38 Å².